The number of nitrogens with two attached hydrogens (primary N) is 1. The van der Waals surface area contributed by atoms with Gasteiger partial charge in [0.15, 0.2) is 0 Å². The molecular formula is C11H23N3S. The first-order valence-electron chi connectivity index (χ1n) is 5.79. The standard InChI is InChI=1S/C11H23N3S/c1-4-10(11(12)15)14-7-5-6-13(3)8-9(14)2/h9-10H,4-8H2,1-3H3,(H2,12,15). The molecule has 1 aliphatic rings. The highest BCUT2D eigenvalue weighted by molar-refractivity contribution is 7.80. The van der Waals surface area contributed by atoms with Gasteiger partial charge in [0.2, 0.25) is 0 Å². The maximum absolute atomic E-state index is 5.80. The third-order valence-electron chi connectivity index (χ3n) is 3.21. The van der Waals surface area contributed by atoms with E-state index in [0.29, 0.717) is 11.0 Å². The SMILES string of the molecule is CCC(C(N)=S)N1CCCN(C)CC1C. The first-order chi connectivity index (χ1) is 7.06. The molecule has 1 heterocycles. The molecule has 0 spiro atoms. The van der Waals surface area contributed by atoms with Crippen molar-refractivity contribution in [1.82, 2.24) is 9.80 Å². The van der Waals surface area contributed by atoms with Crippen LogP contribution in [0, 0.1) is 0 Å². The van der Waals surface area contributed by atoms with Gasteiger partial charge in [-0.2, -0.15) is 0 Å². The van der Waals surface area contributed by atoms with Gasteiger partial charge in [0, 0.05) is 19.1 Å². The fourth-order valence-corrected chi connectivity index (χ4v) is 2.76. The molecule has 1 rings (SSSR count). The van der Waals surface area contributed by atoms with Crippen LogP contribution in [0.25, 0.3) is 0 Å². The van der Waals surface area contributed by atoms with Crippen LogP contribution in [0.2, 0.25) is 0 Å². The lowest BCUT2D eigenvalue weighted by Crippen LogP contribution is -2.49. The number of rotatable bonds is 3. The molecule has 0 bridgehead atoms. The van der Waals surface area contributed by atoms with Crippen molar-refractivity contribution in [1.29, 1.82) is 0 Å². The van der Waals surface area contributed by atoms with Gasteiger partial charge in [0.25, 0.3) is 0 Å². The molecule has 1 fully saturated rings. The molecular weight excluding hydrogens is 206 g/mol. The molecule has 1 aliphatic heterocycles. The van der Waals surface area contributed by atoms with E-state index >= 15 is 0 Å². The maximum Gasteiger partial charge on any atom is 0.0902 e. The van der Waals surface area contributed by atoms with Gasteiger partial charge in [-0.15, -0.1) is 0 Å². The minimum Gasteiger partial charge on any atom is -0.392 e. The second-order valence-electron chi connectivity index (χ2n) is 4.53. The summed E-state index contributed by atoms with van der Waals surface area (Å²) < 4.78 is 0. The van der Waals surface area contributed by atoms with Gasteiger partial charge in [-0.05, 0) is 33.4 Å². The Hall–Kier alpha value is -0.190. The summed E-state index contributed by atoms with van der Waals surface area (Å²) in [6.07, 6.45) is 2.23. The van der Waals surface area contributed by atoms with E-state index in [1.165, 1.54) is 13.0 Å². The summed E-state index contributed by atoms with van der Waals surface area (Å²) in [5, 5.41) is 0. The Balaban J connectivity index is 2.69. The van der Waals surface area contributed by atoms with Gasteiger partial charge in [0.05, 0.1) is 11.0 Å². The smallest absolute Gasteiger partial charge is 0.0902 e. The molecule has 4 heteroatoms. The van der Waals surface area contributed by atoms with E-state index in [0.717, 1.165) is 19.5 Å². The highest BCUT2D eigenvalue weighted by Crippen LogP contribution is 2.14. The molecule has 2 unspecified atom stereocenters. The number of nitrogens with zero attached hydrogens (tertiary/aromatic N) is 2. The Morgan fingerprint density at radius 1 is 1.53 bits per heavy atom. The summed E-state index contributed by atoms with van der Waals surface area (Å²) in [5.41, 5.74) is 5.80. The number of hydrogen-bond donors (Lipinski definition) is 1. The zero-order chi connectivity index (χ0) is 11.4. The van der Waals surface area contributed by atoms with Crippen molar-refractivity contribution >= 4 is 17.2 Å². The maximum atomic E-state index is 5.80. The molecule has 15 heavy (non-hydrogen) atoms. The molecule has 2 N–H and O–H groups in total. The van der Waals surface area contributed by atoms with E-state index in [1.54, 1.807) is 0 Å². The number of thiocarbonyl (C=S) groups is 1. The molecule has 0 aromatic rings. The monoisotopic (exact) mass is 229 g/mol. The average Bonchev–Trinajstić information content (AvgIpc) is 2.29. The van der Waals surface area contributed by atoms with Crippen LogP contribution in [0.5, 0.6) is 0 Å². The summed E-state index contributed by atoms with van der Waals surface area (Å²) in [6, 6.07) is 0.824. The predicted octanol–water partition coefficient (Wildman–Crippen LogP) is 1.08. The topological polar surface area (TPSA) is 32.5 Å². The fraction of sp³-hybridized carbons (Fsp3) is 0.909. The summed E-state index contributed by atoms with van der Waals surface area (Å²) in [4.78, 5) is 5.50. The first kappa shape index (κ1) is 12.9. The van der Waals surface area contributed by atoms with Gasteiger partial charge >= 0.3 is 0 Å². The molecule has 0 radical (unpaired) electrons. The van der Waals surface area contributed by atoms with Crippen LogP contribution in [0.15, 0.2) is 0 Å². The molecule has 1 saturated heterocycles. The molecule has 2 atom stereocenters. The van der Waals surface area contributed by atoms with E-state index in [1.807, 2.05) is 0 Å². The molecule has 0 aromatic heterocycles. The third-order valence-corrected chi connectivity index (χ3v) is 3.49. The molecule has 0 saturated carbocycles. The zero-order valence-electron chi connectivity index (χ0n) is 10.1. The van der Waals surface area contributed by atoms with Crippen molar-refractivity contribution in [3.63, 3.8) is 0 Å². The Kier molecular flexibility index (Phi) is 4.96. The average molecular weight is 229 g/mol. The van der Waals surface area contributed by atoms with Crippen LogP contribution >= 0.6 is 12.2 Å². The third kappa shape index (κ3) is 3.40. The van der Waals surface area contributed by atoms with Crippen LogP contribution in [-0.4, -0.2) is 53.6 Å². The quantitative estimate of drug-likeness (QED) is 0.734. The molecule has 0 aliphatic carbocycles. The van der Waals surface area contributed by atoms with Crippen LogP contribution in [0.3, 0.4) is 0 Å². The van der Waals surface area contributed by atoms with Crippen LogP contribution < -0.4 is 5.73 Å². The van der Waals surface area contributed by atoms with Crippen molar-refractivity contribution in [2.45, 2.75) is 38.8 Å². The van der Waals surface area contributed by atoms with Crippen LogP contribution in [0.1, 0.15) is 26.7 Å². The van der Waals surface area contributed by atoms with Gasteiger partial charge < -0.3 is 10.6 Å². The fourth-order valence-electron chi connectivity index (χ4n) is 2.45. The number of hydrogen-bond acceptors (Lipinski definition) is 3. The van der Waals surface area contributed by atoms with Crippen molar-refractivity contribution in [2.75, 3.05) is 26.7 Å². The zero-order valence-corrected chi connectivity index (χ0v) is 10.9. The highest BCUT2D eigenvalue weighted by atomic mass is 32.1. The Labute approximate surface area is 98.6 Å². The Morgan fingerprint density at radius 2 is 2.20 bits per heavy atom. The van der Waals surface area contributed by atoms with Crippen molar-refractivity contribution in [2.24, 2.45) is 5.73 Å². The Morgan fingerprint density at radius 3 is 2.73 bits per heavy atom. The Bertz CT molecular complexity index is 220. The van der Waals surface area contributed by atoms with Crippen LogP contribution in [-0.2, 0) is 0 Å². The summed E-state index contributed by atoms with van der Waals surface area (Å²) in [5.74, 6) is 0. The van der Waals surface area contributed by atoms with Crippen molar-refractivity contribution in [3.8, 4) is 0 Å². The first-order valence-corrected chi connectivity index (χ1v) is 6.20. The molecule has 0 amide bonds. The van der Waals surface area contributed by atoms with Crippen LogP contribution in [0.4, 0.5) is 0 Å². The summed E-state index contributed by atoms with van der Waals surface area (Å²) in [7, 11) is 2.18. The minimum absolute atomic E-state index is 0.279. The van der Waals surface area contributed by atoms with Gasteiger partial charge in [-0.1, -0.05) is 19.1 Å². The lowest BCUT2D eigenvalue weighted by molar-refractivity contribution is 0.175. The van der Waals surface area contributed by atoms with Crippen molar-refractivity contribution in [3.05, 3.63) is 0 Å². The van der Waals surface area contributed by atoms with E-state index < -0.39 is 0 Å². The number of likely N-dealkylation sites (N-methyl/N-ethyl adjacent to an activating group) is 1. The lowest BCUT2D eigenvalue weighted by atomic mass is 10.1. The van der Waals surface area contributed by atoms with Gasteiger partial charge in [-0.3, -0.25) is 4.90 Å². The van der Waals surface area contributed by atoms with Gasteiger partial charge in [-0.25, -0.2) is 0 Å². The minimum atomic E-state index is 0.279. The summed E-state index contributed by atoms with van der Waals surface area (Å²) >= 11 is 5.15. The second-order valence-corrected chi connectivity index (χ2v) is 5.00. The van der Waals surface area contributed by atoms with E-state index in [4.69, 9.17) is 18.0 Å². The van der Waals surface area contributed by atoms with Crippen molar-refractivity contribution < 1.29 is 0 Å². The van der Waals surface area contributed by atoms with E-state index in [2.05, 4.69) is 30.7 Å². The molecule has 3 nitrogen and oxygen atoms in total. The van der Waals surface area contributed by atoms with Gasteiger partial charge in [0.1, 0.15) is 0 Å². The molecule has 88 valence electrons. The van der Waals surface area contributed by atoms with E-state index in [9.17, 15) is 0 Å². The molecule has 0 aromatic carbocycles. The van der Waals surface area contributed by atoms with E-state index in [-0.39, 0.29) is 6.04 Å². The normalized spacial score (nSPS) is 27.3. The second kappa shape index (κ2) is 5.77. The predicted molar refractivity (Wildman–Crippen MR) is 69.1 cm³/mol. The summed E-state index contributed by atoms with van der Waals surface area (Å²) in [6.45, 7) is 7.82. The lowest BCUT2D eigenvalue weighted by Gasteiger charge is -2.34. The largest absolute Gasteiger partial charge is 0.392 e. The highest BCUT2D eigenvalue weighted by Gasteiger charge is 2.26.